The molecule has 0 spiro atoms. The Kier molecular flexibility index (Phi) is 15.4. The molecule has 4 rings (SSSR count). The Hall–Kier alpha value is -4.37. The highest BCUT2D eigenvalue weighted by Gasteiger charge is 2.31. The number of hydrogen-bond donors (Lipinski definition) is 4. The lowest BCUT2D eigenvalue weighted by atomic mass is 9.93. The average molecular weight is 736 g/mol. The minimum Gasteiger partial charge on any atom is -0.444 e. The number of hydrogen-bond acceptors (Lipinski definition) is 10. The SMILES string of the molecule is CC(C)[C@H](NC(=O)N(C)Cc1csc(CN(C)C)n1)C(=O)N[C@@H](Cc1ccccc1)C[C@H](O)[C@H](Cc1ccccc1)NC(=O)OCc1cncs1. The summed E-state index contributed by atoms with van der Waals surface area (Å²) in [4.78, 5) is 53.1. The van der Waals surface area contributed by atoms with Gasteiger partial charge in [0, 0.05) is 31.2 Å². The molecular formula is C37H49N7O5S2. The molecule has 4 N–H and O–H groups in total. The lowest BCUT2D eigenvalue weighted by Crippen LogP contribution is -2.55. The van der Waals surface area contributed by atoms with Crippen LogP contribution in [-0.2, 0) is 42.1 Å². The molecule has 0 unspecified atom stereocenters. The number of rotatable bonds is 18. The predicted octanol–water partition coefficient (Wildman–Crippen LogP) is 4.84. The van der Waals surface area contributed by atoms with Crippen LogP contribution in [0.2, 0.25) is 0 Å². The zero-order chi connectivity index (χ0) is 36.8. The van der Waals surface area contributed by atoms with Gasteiger partial charge >= 0.3 is 12.1 Å². The fourth-order valence-corrected chi connectivity index (χ4v) is 6.90. The van der Waals surface area contributed by atoms with Crippen molar-refractivity contribution in [1.82, 2.24) is 35.7 Å². The molecule has 0 aliphatic heterocycles. The van der Waals surface area contributed by atoms with E-state index in [4.69, 9.17) is 4.74 Å². The number of amides is 4. The summed E-state index contributed by atoms with van der Waals surface area (Å²) in [5.41, 5.74) is 4.33. The van der Waals surface area contributed by atoms with Crippen molar-refractivity contribution in [3.8, 4) is 0 Å². The summed E-state index contributed by atoms with van der Waals surface area (Å²) in [5, 5.41) is 23.4. The number of aromatic nitrogens is 2. The van der Waals surface area contributed by atoms with Gasteiger partial charge in [0.25, 0.3) is 0 Å². The van der Waals surface area contributed by atoms with E-state index in [9.17, 15) is 19.5 Å². The van der Waals surface area contributed by atoms with Crippen LogP contribution in [0, 0.1) is 5.92 Å². The first-order valence-corrected chi connectivity index (χ1v) is 18.7. The minimum absolute atomic E-state index is 0.0656. The normalized spacial score (nSPS) is 13.6. The molecule has 2 heterocycles. The summed E-state index contributed by atoms with van der Waals surface area (Å²) in [5.74, 6) is -0.588. The van der Waals surface area contributed by atoms with Gasteiger partial charge in [0.2, 0.25) is 5.91 Å². The highest BCUT2D eigenvalue weighted by atomic mass is 32.1. The molecule has 0 radical (unpaired) electrons. The summed E-state index contributed by atoms with van der Waals surface area (Å²) < 4.78 is 5.43. The summed E-state index contributed by atoms with van der Waals surface area (Å²) in [6, 6.07) is 16.8. The highest BCUT2D eigenvalue weighted by molar-refractivity contribution is 7.09. The molecule has 4 amide bonds. The van der Waals surface area contributed by atoms with E-state index in [1.165, 1.54) is 16.2 Å². The first-order valence-electron chi connectivity index (χ1n) is 16.9. The van der Waals surface area contributed by atoms with Crippen molar-refractivity contribution in [2.24, 2.45) is 5.92 Å². The molecule has 4 aromatic rings. The van der Waals surface area contributed by atoms with Crippen LogP contribution in [0.4, 0.5) is 9.59 Å². The van der Waals surface area contributed by atoms with E-state index in [1.807, 2.05) is 98.9 Å². The first kappa shape index (κ1) is 39.4. The zero-order valence-electron chi connectivity index (χ0n) is 29.8. The fourth-order valence-electron chi connectivity index (χ4n) is 5.49. The number of alkyl carbamates (subject to hydrolysis) is 1. The van der Waals surface area contributed by atoms with Crippen molar-refractivity contribution >= 4 is 40.7 Å². The van der Waals surface area contributed by atoms with Gasteiger partial charge in [0.1, 0.15) is 17.7 Å². The zero-order valence-corrected chi connectivity index (χ0v) is 31.5. The summed E-state index contributed by atoms with van der Waals surface area (Å²) in [7, 11) is 5.63. The molecule has 12 nitrogen and oxygen atoms in total. The molecule has 51 heavy (non-hydrogen) atoms. The Bertz CT molecular complexity index is 1640. The van der Waals surface area contributed by atoms with Crippen molar-refractivity contribution in [3.63, 3.8) is 0 Å². The first-order chi connectivity index (χ1) is 24.5. The van der Waals surface area contributed by atoms with E-state index < -0.39 is 36.4 Å². The van der Waals surface area contributed by atoms with Crippen molar-refractivity contribution in [1.29, 1.82) is 0 Å². The van der Waals surface area contributed by atoms with E-state index in [2.05, 4.69) is 25.9 Å². The van der Waals surface area contributed by atoms with Crippen LogP contribution in [0.3, 0.4) is 0 Å². The molecule has 0 saturated carbocycles. The summed E-state index contributed by atoms with van der Waals surface area (Å²) in [6.45, 7) is 4.83. The molecule has 0 bridgehead atoms. The molecule has 0 fully saturated rings. The van der Waals surface area contributed by atoms with Crippen LogP contribution in [0.5, 0.6) is 0 Å². The lowest BCUT2D eigenvalue weighted by molar-refractivity contribution is -0.124. The fraction of sp³-hybridized carbons (Fsp3) is 0.432. The van der Waals surface area contributed by atoms with Gasteiger partial charge in [-0.05, 0) is 50.4 Å². The van der Waals surface area contributed by atoms with Crippen molar-refractivity contribution in [2.45, 2.75) is 77.0 Å². The molecule has 0 saturated heterocycles. The van der Waals surface area contributed by atoms with Crippen molar-refractivity contribution < 1.29 is 24.2 Å². The minimum atomic E-state index is -1.05. The number of nitrogens with one attached hydrogen (secondary N) is 3. The molecule has 0 aliphatic rings. The largest absolute Gasteiger partial charge is 0.444 e. The Balaban J connectivity index is 1.45. The van der Waals surface area contributed by atoms with Crippen LogP contribution in [0.25, 0.3) is 0 Å². The molecule has 4 atom stereocenters. The smallest absolute Gasteiger partial charge is 0.407 e. The van der Waals surface area contributed by atoms with E-state index in [-0.39, 0.29) is 24.9 Å². The summed E-state index contributed by atoms with van der Waals surface area (Å²) in [6.07, 6.45) is 0.824. The summed E-state index contributed by atoms with van der Waals surface area (Å²) >= 11 is 2.93. The molecule has 2 aromatic heterocycles. The Morgan fingerprint density at radius 3 is 2.16 bits per heavy atom. The van der Waals surface area contributed by atoms with Gasteiger partial charge in [0.05, 0.1) is 34.8 Å². The third-order valence-corrected chi connectivity index (χ3v) is 9.75. The topological polar surface area (TPSA) is 149 Å². The van der Waals surface area contributed by atoms with Gasteiger partial charge in [-0.15, -0.1) is 22.7 Å². The standard InChI is InChI=1S/C37H49N7O5S2/c1-25(2)34(42-36(47)44(5)20-29-23-50-33(39-29)21-43(3)4)35(46)40-28(16-26-12-8-6-9-13-26)18-32(45)31(17-27-14-10-7-11-15-27)41-37(48)49-22-30-19-38-24-51-30/h6-15,19,23-25,28,31-32,34,45H,16-18,20-22H2,1-5H3,(H,40,46)(H,41,48)(H,42,47)/t28-,31-,32-,34-/m0/s1. The van der Waals surface area contributed by atoms with Crippen LogP contribution >= 0.6 is 22.7 Å². The van der Waals surface area contributed by atoms with Gasteiger partial charge in [-0.2, -0.15) is 0 Å². The Labute approximate surface area is 308 Å². The monoisotopic (exact) mass is 735 g/mol. The van der Waals surface area contributed by atoms with E-state index in [0.717, 1.165) is 33.3 Å². The van der Waals surface area contributed by atoms with Crippen LogP contribution in [0.15, 0.2) is 77.8 Å². The van der Waals surface area contributed by atoms with Crippen molar-refractivity contribution in [2.75, 3.05) is 21.1 Å². The highest BCUT2D eigenvalue weighted by Crippen LogP contribution is 2.17. The number of aliphatic hydroxyl groups excluding tert-OH is 1. The maximum absolute atomic E-state index is 13.9. The van der Waals surface area contributed by atoms with E-state index in [0.29, 0.717) is 19.4 Å². The molecular weight excluding hydrogens is 687 g/mol. The number of thiazole rings is 2. The van der Waals surface area contributed by atoms with Gasteiger partial charge in [-0.1, -0.05) is 74.5 Å². The molecule has 274 valence electrons. The third-order valence-electron chi connectivity index (χ3n) is 8.12. The quantitative estimate of drug-likeness (QED) is 0.114. The lowest BCUT2D eigenvalue weighted by Gasteiger charge is -2.30. The Morgan fingerprint density at radius 2 is 1.55 bits per heavy atom. The molecule has 0 aliphatic carbocycles. The number of aliphatic hydroxyl groups is 1. The van der Waals surface area contributed by atoms with Crippen molar-refractivity contribution in [3.05, 3.63) is 104 Å². The van der Waals surface area contributed by atoms with E-state index in [1.54, 1.807) is 30.1 Å². The number of urea groups is 1. The Morgan fingerprint density at radius 1 is 0.882 bits per heavy atom. The van der Waals surface area contributed by atoms with Crippen LogP contribution < -0.4 is 16.0 Å². The van der Waals surface area contributed by atoms with E-state index >= 15 is 0 Å². The maximum atomic E-state index is 13.9. The molecule has 14 heteroatoms. The third kappa shape index (κ3) is 13.4. The van der Waals surface area contributed by atoms with Gasteiger partial charge < -0.3 is 35.6 Å². The predicted molar refractivity (Wildman–Crippen MR) is 200 cm³/mol. The van der Waals surface area contributed by atoms with Crippen LogP contribution in [0.1, 0.15) is 47.0 Å². The van der Waals surface area contributed by atoms with Gasteiger partial charge in [-0.3, -0.25) is 9.78 Å². The second kappa shape index (κ2) is 19.9. The number of nitrogens with zero attached hydrogens (tertiary/aromatic N) is 4. The van der Waals surface area contributed by atoms with Gasteiger partial charge in [-0.25, -0.2) is 14.6 Å². The second-order valence-corrected chi connectivity index (χ2v) is 15.1. The number of ether oxygens (including phenoxy) is 1. The van der Waals surface area contributed by atoms with Gasteiger partial charge in [0.15, 0.2) is 0 Å². The average Bonchev–Trinajstić information content (AvgIpc) is 3.78. The number of carbonyl (C=O) groups is 3. The second-order valence-electron chi connectivity index (χ2n) is 13.2. The number of benzene rings is 2. The van der Waals surface area contributed by atoms with Crippen LogP contribution in [-0.4, -0.2) is 88.3 Å². The maximum Gasteiger partial charge on any atom is 0.407 e. The molecule has 2 aromatic carbocycles. The number of carbonyl (C=O) groups excluding carboxylic acids is 3.